The van der Waals surface area contributed by atoms with Gasteiger partial charge in [0.1, 0.15) is 12.3 Å². The van der Waals surface area contributed by atoms with Crippen molar-refractivity contribution in [1.82, 2.24) is 20.7 Å². The van der Waals surface area contributed by atoms with E-state index < -0.39 is 12.3 Å². The molecule has 4 fully saturated rings. The zero-order valence-corrected chi connectivity index (χ0v) is 17.0. The number of halogens is 3. The molecule has 2 aliphatic heterocycles. The fourth-order valence-corrected chi connectivity index (χ4v) is 6.04. The number of hydrogen-bond donors (Lipinski definition) is 2. The number of alkyl halides is 3. The van der Waals surface area contributed by atoms with Crippen molar-refractivity contribution >= 4 is 11.6 Å². The van der Waals surface area contributed by atoms with Crippen LogP contribution in [-0.2, 0) is 0 Å². The quantitative estimate of drug-likeness (QED) is 0.705. The number of rotatable bonds is 4. The molecule has 4 aliphatic rings. The zero-order valence-electron chi connectivity index (χ0n) is 16.3. The van der Waals surface area contributed by atoms with Crippen molar-refractivity contribution in [2.24, 2.45) is 11.8 Å². The van der Waals surface area contributed by atoms with Crippen molar-refractivity contribution < 1.29 is 8.78 Å². The van der Waals surface area contributed by atoms with Gasteiger partial charge in [-0.3, -0.25) is 15.8 Å². The first kappa shape index (κ1) is 20.3. The molecule has 0 spiro atoms. The average molecular weight is 405 g/mol. The van der Waals surface area contributed by atoms with Gasteiger partial charge in [-0.2, -0.15) is 0 Å². The lowest BCUT2D eigenvalue weighted by Gasteiger charge is -2.43. The van der Waals surface area contributed by atoms with E-state index in [9.17, 15) is 8.78 Å². The van der Waals surface area contributed by atoms with Crippen molar-refractivity contribution in [3.05, 3.63) is 0 Å². The molecule has 2 saturated heterocycles. The van der Waals surface area contributed by atoms with E-state index in [2.05, 4.69) is 20.7 Å². The molecule has 156 valence electrons. The van der Waals surface area contributed by atoms with Crippen LogP contribution in [0.5, 0.6) is 0 Å². The van der Waals surface area contributed by atoms with E-state index in [0.717, 1.165) is 77.8 Å². The van der Waals surface area contributed by atoms with Gasteiger partial charge in [0.15, 0.2) is 0 Å². The average Bonchev–Trinajstić information content (AvgIpc) is 3.11. The number of nitrogens with one attached hydrogen (secondary N) is 2. The van der Waals surface area contributed by atoms with Crippen molar-refractivity contribution in [3.63, 3.8) is 0 Å². The van der Waals surface area contributed by atoms with Gasteiger partial charge in [-0.25, -0.2) is 8.78 Å². The number of hydrogen-bond acceptors (Lipinski definition) is 4. The molecule has 2 heterocycles. The van der Waals surface area contributed by atoms with Crippen LogP contribution >= 0.6 is 11.6 Å². The molecule has 2 saturated carbocycles. The second kappa shape index (κ2) is 9.21. The van der Waals surface area contributed by atoms with Gasteiger partial charge >= 0.3 is 0 Å². The predicted octanol–water partition coefficient (Wildman–Crippen LogP) is 2.72. The zero-order chi connectivity index (χ0) is 18.8. The minimum atomic E-state index is -0.772. The van der Waals surface area contributed by atoms with E-state index in [1.165, 1.54) is 0 Å². The van der Waals surface area contributed by atoms with Gasteiger partial charge in [-0.05, 0) is 50.9 Å². The van der Waals surface area contributed by atoms with Gasteiger partial charge in [0.25, 0.3) is 0 Å². The standard InChI is InChI=1S/C20H35ClF2N4/c21-16-3-6-19(18(23)11-16)27-9-7-26(8-10-27)13-15-12-24-25-20(15)14-1-4-17(22)5-2-14/h14-20,24-25H,1-13H2. The molecule has 7 heteroatoms. The molecule has 0 radical (unpaired) electrons. The van der Waals surface area contributed by atoms with Crippen LogP contribution in [0.15, 0.2) is 0 Å². The highest BCUT2D eigenvalue weighted by Crippen LogP contribution is 2.33. The van der Waals surface area contributed by atoms with Gasteiger partial charge in [0.2, 0.25) is 0 Å². The largest absolute Gasteiger partial charge is 0.300 e. The topological polar surface area (TPSA) is 30.5 Å². The van der Waals surface area contributed by atoms with Crippen LogP contribution in [0.2, 0.25) is 0 Å². The van der Waals surface area contributed by atoms with Gasteiger partial charge < -0.3 is 4.90 Å². The van der Waals surface area contributed by atoms with Crippen LogP contribution < -0.4 is 10.9 Å². The Bertz CT molecular complexity index is 469. The molecule has 5 atom stereocenters. The van der Waals surface area contributed by atoms with Gasteiger partial charge in [0.05, 0.1) is 0 Å². The Morgan fingerprint density at radius 1 is 0.926 bits per heavy atom. The lowest BCUT2D eigenvalue weighted by Crippen LogP contribution is -2.55. The molecule has 5 unspecified atom stereocenters. The molecule has 27 heavy (non-hydrogen) atoms. The predicted molar refractivity (Wildman–Crippen MR) is 105 cm³/mol. The number of piperazine rings is 1. The molecule has 0 aromatic rings. The molecule has 4 nitrogen and oxygen atoms in total. The Kier molecular flexibility index (Phi) is 6.91. The number of nitrogens with zero attached hydrogens (tertiary/aromatic N) is 2. The Morgan fingerprint density at radius 3 is 2.37 bits per heavy atom. The maximum atomic E-state index is 14.4. The van der Waals surface area contributed by atoms with Crippen LogP contribution in [0.25, 0.3) is 0 Å². The minimum Gasteiger partial charge on any atom is -0.300 e. The Labute approximate surface area is 167 Å². The summed E-state index contributed by atoms with van der Waals surface area (Å²) in [4.78, 5) is 4.90. The molecule has 2 aliphatic carbocycles. The first-order valence-electron chi connectivity index (χ1n) is 11.0. The van der Waals surface area contributed by atoms with E-state index in [0.29, 0.717) is 24.3 Å². The van der Waals surface area contributed by atoms with E-state index in [4.69, 9.17) is 11.6 Å². The summed E-state index contributed by atoms with van der Waals surface area (Å²) in [6, 6.07) is 0.533. The van der Waals surface area contributed by atoms with Gasteiger partial charge in [-0.15, -0.1) is 11.6 Å². The molecule has 0 bridgehead atoms. The molecule has 0 aromatic carbocycles. The van der Waals surface area contributed by atoms with E-state index in [1.54, 1.807) is 0 Å². The summed E-state index contributed by atoms with van der Waals surface area (Å²) in [6.45, 7) is 6.04. The van der Waals surface area contributed by atoms with Gasteiger partial charge in [0, 0.05) is 62.6 Å². The summed E-state index contributed by atoms with van der Waals surface area (Å²) in [5.41, 5.74) is 6.83. The second-order valence-corrected chi connectivity index (χ2v) is 9.77. The van der Waals surface area contributed by atoms with Crippen LogP contribution in [0.3, 0.4) is 0 Å². The Morgan fingerprint density at radius 2 is 1.67 bits per heavy atom. The molecule has 2 N–H and O–H groups in total. The molecule has 0 aromatic heterocycles. The molecule has 0 amide bonds. The first-order valence-corrected chi connectivity index (χ1v) is 11.4. The van der Waals surface area contributed by atoms with Crippen LogP contribution in [0.1, 0.15) is 44.9 Å². The minimum absolute atomic E-state index is 0.0179. The summed E-state index contributed by atoms with van der Waals surface area (Å²) in [5, 5.41) is 0.0179. The molecular weight excluding hydrogens is 370 g/mol. The van der Waals surface area contributed by atoms with E-state index in [-0.39, 0.29) is 11.4 Å². The Balaban J connectivity index is 1.24. The fraction of sp³-hybridized carbons (Fsp3) is 1.00. The highest BCUT2D eigenvalue weighted by Gasteiger charge is 2.38. The van der Waals surface area contributed by atoms with Crippen molar-refractivity contribution in [2.75, 3.05) is 39.3 Å². The summed E-state index contributed by atoms with van der Waals surface area (Å²) in [7, 11) is 0. The van der Waals surface area contributed by atoms with Gasteiger partial charge in [-0.1, -0.05) is 0 Å². The third kappa shape index (κ3) is 4.95. The highest BCUT2D eigenvalue weighted by atomic mass is 35.5. The first-order chi connectivity index (χ1) is 13.1. The lowest BCUT2D eigenvalue weighted by atomic mass is 9.79. The second-order valence-electron chi connectivity index (χ2n) is 9.15. The number of hydrazine groups is 1. The Hall–Kier alpha value is -0.0100. The maximum absolute atomic E-state index is 14.4. The highest BCUT2D eigenvalue weighted by molar-refractivity contribution is 6.20. The summed E-state index contributed by atoms with van der Waals surface area (Å²) in [5.74, 6) is 1.18. The smallest absolute Gasteiger partial charge is 0.117 e. The summed E-state index contributed by atoms with van der Waals surface area (Å²) in [6.07, 6.45) is 4.44. The summed E-state index contributed by atoms with van der Waals surface area (Å²) >= 11 is 6.12. The van der Waals surface area contributed by atoms with Crippen molar-refractivity contribution in [1.29, 1.82) is 0 Å². The van der Waals surface area contributed by atoms with Crippen molar-refractivity contribution in [2.45, 2.75) is 74.7 Å². The van der Waals surface area contributed by atoms with Crippen LogP contribution in [-0.4, -0.2) is 78.9 Å². The monoisotopic (exact) mass is 404 g/mol. The molecule has 4 rings (SSSR count). The van der Waals surface area contributed by atoms with E-state index in [1.807, 2.05) is 0 Å². The lowest BCUT2D eigenvalue weighted by molar-refractivity contribution is 0.0297. The van der Waals surface area contributed by atoms with Crippen molar-refractivity contribution in [3.8, 4) is 0 Å². The SMILES string of the molecule is FC1CCC(C2NNCC2CN2CCN(C3CCC(Cl)CC3F)CC2)CC1. The molecular formula is C20H35ClF2N4. The third-order valence-corrected chi connectivity index (χ3v) is 7.79. The van der Waals surface area contributed by atoms with Crippen LogP contribution in [0, 0.1) is 11.8 Å². The maximum Gasteiger partial charge on any atom is 0.117 e. The van der Waals surface area contributed by atoms with Crippen LogP contribution in [0.4, 0.5) is 8.78 Å². The summed E-state index contributed by atoms with van der Waals surface area (Å²) < 4.78 is 27.9. The van der Waals surface area contributed by atoms with E-state index >= 15 is 0 Å². The normalized spacial score (nSPS) is 45.2. The third-order valence-electron chi connectivity index (χ3n) is 7.39. The fourth-order valence-electron chi connectivity index (χ4n) is 5.74.